The van der Waals surface area contributed by atoms with E-state index in [1.165, 1.54) is 0 Å². The predicted octanol–water partition coefficient (Wildman–Crippen LogP) is 5.33. The lowest BCUT2D eigenvalue weighted by atomic mass is 10.0. The van der Waals surface area contributed by atoms with Crippen molar-refractivity contribution < 1.29 is 26.3 Å². The summed E-state index contributed by atoms with van der Waals surface area (Å²) in [6, 6.07) is 1.34. The fourth-order valence-corrected chi connectivity index (χ4v) is 1.85. The van der Waals surface area contributed by atoms with Gasteiger partial charge in [-0.2, -0.15) is 26.3 Å². The largest absolute Gasteiger partial charge is 0.417 e. The van der Waals surface area contributed by atoms with E-state index < -0.39 is 28.5 Å². The highest BCUT2D eigenvalue weighted by Crippen LogP contribution is 2.43. The Balaban J connectivity index is 3.48. The zero-order valence-electron chi connectivity index (χ0n) is 9.21. The van der Waals surface area contributed by atoms with Gasteiger partial charge in [0.1, 0.15) is 0 Å². The molecular formula is C11H9ClF6. The minimum absolute atomic E-state index is 0.0263. The molecule has 0 aliphatic carbocycles. The van der Waals surface area contributed by atoms with Crippen LogP contribution in [0.5, 0.6) is 0 Å². The zero-order valence-corrected chi connectivity index (χ0v) is 9.97. The second kappa shape index (κ2) is 4.99. The molecule has 0 N–H and O–H groups in total. The third kappa shape index (κ3) is 3.31. The van der Waals surface area contributed by atoms with Crippen LogP contribution in [0.15, 0.2) is 12.1 Å². The quantitative estimate of drug-likeness (QED) is 0.646. The van der Waals surface area contributed by atoms with Gasteiger partial charge in [-0.1, -0.05) is 24.9 Å². The molecule has 0 bridgehead atoms. The first-order valence-corrected chi connectivity index (χ1v) is 5.42. The third-order valence-electron chi connectivity index (χ3n) is 2.28. The van der Waals surface area contributed by atoms with Crippen molar-refractivity contribution in [1.82, 2.24) is 0 Å². The minimum atomic E-state index is -4.90. The normalized spacial score (nSPS) is 12.9. The maximum absolute atomic E-state index is 12.6. The molecule has 18 heavy (non-hydrogen) atoms. The average molecular weight is 291 g/mol. The zero-order chi connectivity index (χ0) is 14.1. The molecule has 1 aromatic carbocycles. The molecule has 0 saturated heterocycles. The van der Waals surface area contributed by atoms with Crippen molar-refractivity contribution in [3.63, 3.8) is 0 Å². The summed E-state index contributed by atoms with van der Waals surface area (Å²) in [6.45, 7) is 1.66. The van der Waals surface area contributed by atoms with Gasteiger partial charge >= 0.3 is 12.4 Å². The number of aryl methyl sites for hydroxylation is 1. The van der Waals surface area contributed by atoms with E-state index in [9.17, 15) is 26.3 Å². The van der Waals surface area contributed by atoms with Crippen molar-refractivity contribution in [2.75, 3.05) is 0 Å². The van der Waals surface area contributed by atoms with E-state index in [0.29, 0.717) is 18.6 Å². The Labute approximate surface area is 105 Å². The summed E-state index contributed by atoms with van der Waals surface area (Å²) in [7, 11) is 0. The predicted molar refractivity (Wildman–Crippen MR) is 55.5 cm³/mol. The topological polar surface area (TPSA) is 0 Å². The number of benzene rings is 1. The Morgan fingerprint density at radius 2 is 1.33 bits per heavy atom. The smallest absolute Gasteiger partial charge is 0.166 e. The Morgan fingerprint density at radius 1 is 0.944 bits per heavy atom. The third-order valence-corrected chi connectivity index (χ3v) is 2.69. The van der Waals surface area contributed by atoms with Crippen LogP contribution >= 0.6 is 11.6 Å². The van der Waals surface area contributed by atoms with Crippen LogP contribution in [0.4, 0.5) is 26.3 Å². The molecule has 7 heteroatoms. The maximum Gasteiger partial charge on any atom is 0.417 e. The molecule has 0 spiro atoms. The van der Waals surface area contributed by atoms with E-state index >= 15 is 0 Å². The first kappa shape index (κ1) is 15.1. The molecule has 0 amide bonds. The van der Waals surface area contributed by atoms with Gasteiger partial charge in [0.15, 0.2) is 0 Å². The molecule has 0 aliphatic heterocycles. The molecule has 0 nitrogen and oxygen atoms in total. The van der Waals surface area contributed by atoms with Crippen molar-refractivity contribution in [2.45, 2.75) is 32.1 Å². The van der Waals surface area contributed by atoms with Crippen molar-refractivity contribution in [2.24, 2.45) is 0 Å². The van der Waals surface area contributed by atoms with Gasteiger partial charge in [0, 0.05) is 0 Å². The molecule has 1 aromatic rings. The van der Waals surface area contributed by atoms with Gasteiger partial charge < -0.3 is 0 Å². The summed E-state index contributed by atoms with van der Waals surface area (Å²) in [5.74, 6) is 0. The average Bonchev–Trinajstić information content (AvgIpc) is 2.17. The molecule has 0 aromatic heterocycles. The standard InChI is InChI=1S/C11H9ClF6/c1-2-3-6-4-7(10(13,14)15)9(12)8(5-6)11(16,17)18/h4-5H,2-3H2,1H3. The van der Waals surface area contributed by atoms with Crippen LogP contribution in [0.2, 0.25) is 5.02 Å². The molecule has 0 unspecified atom stereocenters. The van der Waals surface area contributed by atoms with Crippen LogP contribution in [-0.2, 0) is 18.8 Å². The fourth-order valence-electron chi connectivity index (χ4n) is 1.53. The summed E-state index contributed by atoms with van der Waals surface area (Å²) in [5.41, 5.74) is -2.91. The van der Waals surface area contributed by atoms with Gasteiger partial charge in [-0.25, -0.2) is 0 Å². The van der Waals surface area contributed by atoms with Crippen LogP contribution in [0.1, 0.15) is 30.0 Å². The molecule has 0 saturated carbocycles. The van der Waals surface area contributed by atoms with Crippen molar-refractivity contribution in [3.8, 4) is 0 Å². The summed E-state index contributed by atoms with van der Waals surface area (Å²) >= 11 is 5.21. The van der Waals surface area contributed by atoms with Crippen LogP contribution < -0.4 is 0 Å². The van der Waals surface area contributed by atoms with Gasteiger partial charge in [-0.15, -0.1) is 0 Å². The Kier molecular flexibility index (Phi) is 4.20. The minimum Gasteiger partial charge on any atom is -0.166 e. The van der Waals surface area contributed by atoms with Crippen molar-refractivity contribution in [3.05, 3.63) is 33.8 Å². The lowest BCUT2D eigenvalue weighted by molar-refractivity contribution is -0.142. The highest BCUT2D eigenvalue weighted by molar-refractivity contribution is 6.32. The fraction of sp³-hybridized carbons (Fsp3) is 0.455. The first-order chi connectivity index (χ1) is 8.07. The number of halogens is 7. The van der Waals surface area contributed by atoms with Crippen LogP contribution in [0.25, 0.3) is 0 Å². The summed E-state index contributed by atoms with van der Waals surface area (Å²) < 4.78 is 75.5. The molecule has 1 rings (SSSR count). The van der Waals surface area contributed by atoms with Gasteiger partial charge in [-0.3, -0.25) is 0 Å². The highest BCUT2D eigenvalue weighted by Gasteiger charge is 2.40. The number of hydrogen-bond acceptors (Lipinski definition) is 0. The van der Waals surface area contributed by atoms with E-state index in [1.54, 1.807) is 6.92 Å². The van der Waals surface area contributed by atoms with Crippen LogP contribution in [-0.4, -0.2) is 0 Å². The SMILES string of the molecule is CCCc1cc(C(F)(F)F)c(Cl)c(C(F)(F)F)c1. The Bertz CT molecular complexity index is 397. The number of rotatable bonds is 2. The highest BCUT2D eigenvalue weighted by atomic mass is 35.5. The van der Waals surface area contributed by atoms with E-state index in [0.717, 1.165) is 0 Å². The Morgan fingerprint density at radius 3 is 1.61 bits per heavy atom. The number of hydrogen-bond donors (Lipinski definition) is 0. The van der Waals surface area contributed by atoms with Gasteiger partial charge in [-0.05, 0) is 24.1 Å². The van der Waals surface area contributed by atoms with Crippen LogP contribution in [0.3, 0.4) is 0 Å². The molecule has 102 valence electrons. The van der Waals surface area contributed by atoms with Crippen molar-refractivity contribution >= 4 is 11.6 Å². The maximum atomic E-state index is 12.6. The van der Waals surface area contributed by atoms with Crippen molar-refractivity contribution in [1.29, 1.82) is 0 Å². The summed E-state index contributed by atoms with van der Waals surface area (Å²) in [4.78, 5) is 0. The first-order valence-electron chi connectivity index (χ1n) is 5.04. The molecular weight excluding hydrogens is 282 g/mol. The molecule has 0 aliphatic rings. The lowest BCUT2D eigenvalue weighted by Gasteiger charge is -2.16. The van der Waals surface area contributed by atoms with Gasteiger partial charge in [0.25, 0.3) is 0 Å². The number of alkyl halides is 6. The van der Waals surface area contributed by atoms with E-state index in [4.69, 9.17) is 11.6 Å². The molecule has 0 atom stereocenters. The monoisotopic (exact) mass is 290 g/mol. The second-order valence-corrected chi connectivity index (χ2v) is 4.13. The van der Waals surface area contributed by atoms with Gasteiger partial charge in [0.2, 0.25) is 0 Å². The van der Waals surface area contributed by atoms with E-state index in [2.05, 4.69) is 0 Å². The molecule has 0 heterocycles. The van der Waals surface area contributed by atoms with Crippen LogP contribution in [0, 0.1) is 0 Å². The second-order valence-electron chi connectivity index (χ2n) is 3.75. The molecule has 0 fully saturated rings. The Hall–Kier alpha value is -0.910. The summed E-state index contributed by atoms with van der Waals surface area (Å²) in [5, 5.41) is -1.30. The summed E-state index contributed by atoms with van der Waals surface area (Å²) in [6.07, 6.45) is -9.23. The molecule has 0 radical (unpaired) electrons. The van der Waals surface area contributed by atoms with E-state index in [-0.39, 0.29) is 12.0 Å². The lowest BCUT2D eigenvalue weighted by Crippen LogP contribution is -2.13. The van der Waals surface area contributed by atoms with E-state index in [1.807, 2.05) is 0 Å². The van der Waals surface area contributed by atoms with Gasteiger partial charge in [0.05, 0.1) is 16.1 Å².